The van der Waals surface area contributed by atoms with Crippen molar-refractivity contribution in [1.82, 2.24) is 14.8 Å². The number of methoxy groups -OCH3 is 1. The third-order valence-corrected chi connectivity index (χ3v) is 4.87. The summed E-state index contributed by atoms with van der Waals surface area (Å²) >= 11 is 6.19. The Bertz CT molecular complexity index is 1030. The molecule has 2 aromatic carbocycles. The van der Waals surface area contributed by atoms with E-state index in [2.05, 4.69) is 27.3 Å². The van der Waals surface area contributed by atoms with Gasteiger partial charge in [-0.3, -0.25) is 4.79 Å². The maximum absolute atomic E-state index is 13.2. The van der Waals surface area contributed by atoms with Gasteiger partial charge in [0.25, 0.3) is 0 Å². The standard InChI is InChI=1S/C20H18ClN5O2/c1-12-17(19(27)25-15-6-8-16(28-2)9-7-15)18(13-4-3-5-14(21)10-13)26-20(24-12)22-11-23-26/h3-11,17-18H,1H2,2H3,(H,25,27)(H,22,23,24). The van der Waals surface area contributed by atoms with Gasteiger partial charge in [-0.25, -0.2) is 4.68 Å². The molecule has 3 aromatic rings. The van der Waals surface area contributed by atoms with Gasteiger partial charge in [-0.15, -0.1) is 0 Å². The first kappa shape index (κ1) is 18.1. The average Bonchev–Trinajstić information content (AvgIpc) is 3.15. The van der Waals surface area contributed by atoms with Gasteiger partial charge in [-0.2, -0.15) is 10.1 Å². The molecule has 1 aromatic heterocycles. The van der Waals surface area contributed by atoms with E-state index in [9.17, 15) is 4.79 Å². The molecule has 0 spiro atoms. The Morgan fingerprint density at radius 1 is 1.29 bits per heavy atom. The van der Waals surface area contributed by atoms with Crippen molar-refractivity contribution in [2.45, 2.75) is 6.04 Å². The van der Waals surface area contributed by atoms with E-state index in [0.29, 0.717) is 28.1 Å². The quantitative estimate of drug-likeness (QED) is 0.703. The number of hydrogen-bond donors (Lipinski definition) is 2. The summed E-state index contributed by atoms with van der Waals surface area (Å²) in [4.78, 5) is 17.4. The summed E-state index contributed by atoms with van der Waals surface area (Å²) in [6.45, 7) is 4.06. The van der Waals surface area contributed by atoms with Crippen molar-refractivity contribution in [2.75, 3.05) is 17.7 Å². The highest BCUT2D eigenvalue weighted by Gasteiger charge is 2.39. The summed E-state index contributed by atoms with van der Waals surface area (Å²) in [5, 5.41) is 10.9. The molecule has 2 heterocycles. The summed E-state index contributed by atoms with van der Waals surface area (Å²) in [6, 6.07) is 14.1. The lowest BCUT2D eigenvalue weighted by Gasteiger charge is -2.33. The highest BCUT2D eigenvalue weighted by Crippen LogP contribution is 2.38. The predicted molar refractivity (Wildman–Crippen MR) is 107 cm³/mol. The molecule has 2 N–H and O–H groups in total. The number of ether oxygens (including phenoxy) is 1. The van der Waals surface area contributed by atoms with Crippen LogP contribution in [0, 0.1) is 5.92 Å². The fourth-order valence-electron chi connectivity index (χ4n) is 3.32. The number of anilines is 2. The molecule has 7 nitrogen and oxygen atoms in total. The van der Waals surface area contributed by atoms with Crippen LogP contribution in [0.25, 0.3) is 0 Å². The first-order valence-electron chi connectivity index (χ1n) is 8.62. The second-order valence-corrected chi connectivity index (χ2v) is 6.81. The normalized spacial score (nSPS) is 18.1. The zero-order chi connectivity index (χ0) is 19.7. The van der Waals surface area contributed by atoms with Gasteiger partial charge in [0.2, 0.25) is 11.9 Å². The van der Waals surface area contributed by atoms with Crippen LogP contribution in [-0.4, -0.2) is 27.8 Å². The number of carbonyl (C=O) groups excluding carboxylic acids is 1. The van der Waals surface area contributed by atoms with Gasteiger partial charge >= 0.3 is 0 Å². The lowest BCUT2D eigenvalue weighted by Crippen LogP contribution is -2.39. The largest absolute Gasteiger partial charge is 0.497 e. The van der Waals surface area contributed by atoms with Gasteiger partial charge in [0.05, 0.1) is 13.2 Å². The smallest absolute Gasteiger partial charge is 0.235 e. The second-order valence-electron chi connectivity index (χ2n) is 6.37. The summed E-state index contributed by atoms with van der Waals surface area (Å²) < 4.78 is 6.84. The van der Waals surface area contributed by atoms with Crippen LogP contribution in [0.4, 0.5) is 11.6 Å². The Morgan fingerprint density at radius 2 is 2.07 bits per heavy atom. The summed E-state index contributed by atoms with van der Waals surface area (Å²) in [6.07, 6.45) is 1.44. The van der Waals surface area contributed by atoms with Gasteiger partial charge in [0, 0.05) is 16.4 Å². The molecule has 28 heavy (non-hydrogen) atoms. The molecule has 8 heteroatoms. The third kappa shape index (κ3) is 3.32. The molecule has 0 saturated heterocycles. The molecule has 4 rings (SSSR count). The Morgan fingerprint density at radius 3 is 2.79 bits per heavy atom. The van der Waals surface area contributed by atoms with E-state index in [1.54, 1.807) is 42.1 Å². The van der Waals surface area contributed by atoms with Gasteiger partial charge in [0.1, 0.15) is 18.0 Å². The molecule has 2 unspecified atom stereocenters. The summed E-state index contributed by atoms with van der Waals surface area (Å²) in [5.74, 6) is 0.415. The molecule has 2 atom stereocenters. The van der Waals surface area contributed by atoms with E-state index in [-0.39, 0.29) is 5.91 Å². The van der Waals surface area contributed by atoms with Crippen molar-refractivity contribution in [3.63, 3.8) is 0 Å². The zero-order valence-corrected chi connectivity index (χ0v) is 15.8. The maximum Gasteiger partial charge on any atom is 0.235 e. The van der Waals surface area contributed by atoms with Crippen LogP contribution in [0.2, 0.25) is 5.02 Å². The molecule has 0 saturated carbocycles. The molecule has 0 aliphatic carbocycles. The molecule has 1 amide bonds. The number of rotatable bonds is 4. The highest BCUT2D eigenvalue weighted by molar-refractivity contribution is 6.30. The van der Waals surface area contributed by atoms with Crippen molar-refractivity contribution in [3.05, 3.63) is 77.7 Å². The Labute approximate surface area is 167 Å². The molecule has 142 valence electrons. The molecule has 0 fully saturated rings. The average molecular weight is 396 g/mol. The first-order chi connectivity index (χ1) is 13.6. The van der Waals surface area contributed by atoms with E-state index in [0.717, 1.165) is 5.56 Å². The first-order valence-corrected chi connectivity index (χ1v) is 9.00. The van der Waals surface area contributed by atoms with Gasteiger partial charge < -0.3 is 15.4 Å². The number of benzene rings is 2. The maximum atomic E-state index is 13.2. The van der Waals surface area contributed by atoms with E-state index in [4.69, 9.17) is 16.3 Å². The fourth-order valence-corrected chi connectivity index (χ4v) is 3.52. The number of nitrogens with one attached hydrogen (secondary N) is 2. The summed E-state index contributed by atoms with van der Waals surface area (Å²) in [5.41, 5.74) is 2.04. The van der Waals surface area contributed by atoms with Crippen LogP contribution in [0.3, 0.4) is 0 Å². The van der Waals surface area contributed by atoms with Crippen LogP contribution in [0.15, 0.2) is 67.1 Å². The van der Waals surface area contributed by atoms with Crippen LogP contribution < -0.4 is 15.4 Å². The Kier molecular flexibility index (Phi) is 4.75. The Hall–Kier alpha value is -3.32. The fraction of sp³-hybridized carbons (Fsp3) is 0.150. The van der Waals surface area contributed by atoms with Crippen LogP contribution in [0.1, 0.15) is 11.6 Å². The van der Waals surface area contributed by atoms with E-state index in [1.807, 2.05) is 18.2 Å². The van der Waals surface area contributed by atoms with Crippen LogP contribution in [-0.2, 0) is 4.79 Å². The van der Waals surface area contributed by atoms with Crippen molar-refractivity contribution in [1.29, 1.82) is 0 Å². The predicted octanol–water partition coefficient (Wildman–Crippen LogP) is 3.72. The number of aromatic nitrogens is 3. The minimum atomic E-state index is -0.616. The minimum Gasteiger partial charge on any atom is -0.497 e. The number of halogens is 1. The van der Waals surface area contributed by atoms with Gasteiger partial charge in [-0.05, 0) is 42.0 Å². The lowest BCUT2D eigenvalue weighted by molar-refractivity contribution is -0.119. The number of carbonyl (C=O) groups is 1. The van der Waals surface area contributed by atoms with E-state index >= 15 is 0 Å². The van der Waals surface area contributed by atoms with E-state index < -0.39 is 12.0 Å². The van der Waals surface area contributed by atoms with Gasteiger partial charge in [-0.1, -0.05) is 30.3 Å². The van der Waals surface area contributed by atoms with Crippen molar-refractivity contribution < 1.29 is 9.53 Å². The third-order valence-electron chi connectivity index (χ3n) is 4.63. The Balaban J connectivity index is 1.70. The highest BCUT2D eigenvalue weighted by atomic mass is 35.5. The monoisotopic (exact) mass is 395 g/mol. The van der Waals surface area contributed by atoms with E-state index in [1.165, 1.54) is 6.33 Å². The molecule has 1 aliphatic heterocycles. The lowest BCUT2D eigenvalue weighted by atomic mass is 9.88. The SMILES string of the molecule is C=C1Nc2ncnn2C(c2cccc(Cl)c2)C1C(=O)Nc1ccc(OC)cc1. The minimum absolute atomic E-state index is 0.214. The number of nitrogens with zero attached hydrogens (tertiary/aromatic N) is 3. The summed E-state index contributed by atoms with van der Waals surface area (Å²) in [7, 11) is 1.59. The number of amides is 1. The van der Waals surface area contributed by atoms with Gasteiger partial charge in [0.15, 0.2) is 0 Å². The molecule has 0 bridgehead atoms. The van der Waals surface area contributed by atoms with Crippen LogP contribution in [0.5, 0.6) is 5.75 Å². The van der Waals surface area contributed by atoms with Crippen molar-refractivity contribution in [3.8, 4) is 5.75 Å². The van der Waals surface area contributed by atoms with Crippen LogP contribution >= 0.6 is 11.6 Å². The molecular weight excluding hydrogens is 378 g/mol. The topological polar surface area (TPSA) is 81.1 Å². The molecule has 1 aliphatic rings. The van der Waals surface area contributed by atoms with Crippen molar-refractivity contribution in [2.24, 2.45) is 5.92 Å². The number of hydrogen-bond acceptors (Lipinski definition) is 5. The second kappa shape index (κ2) is 7.36. The molecule has 0 radical (unpaired) electrons. The van der Waals surface area contributed by atoms with Crippen molar-refractivity contribution >= 4 is 29.1 Å². The molecular formula is C20H18ClN5O2. The number of fused-ring (bicyclic) bond motifs is 1. The zero-order valence-electron chi connectivity index (χ0n) is 15.1.